The monoisotopic (exact) mass is 279 g/mol. The number of nitrogens with zero attached hydrogens (tertiary/aromatic N) is 1. The van der Waals surface area contributed by atoms with E-state index in [1.54, 1.807) is 26.0 Å². The number of ether oxygens (including phenoxy) is 1. The lowest BCUT2D eigenvalue weighted by Gasteiger charge is -2.12. The lowest BCUT2D eigenvalue weighted by Crippen LogP contribution is -2.44. The molecule has 1 atom stereocenters. The Balaban J connectivity index is 2.54. The fourth-order valence-corrected chi connectivity index (χ4v) is 1.29. The van der Waals surface area contributed by atoms with Crippen molar-refractivity contribution in [2.75, 3.05) is 6.54 Å². The SMILES string of the molecule is CCNC(=O)NC(=O)C(C)OC(=O)c1ccc(C)nc1. The van der Waals surface area contributed by atoms with Crippen LogP contribution in [0.25, 0.3) is 0 Å². The second-order valence-electron chi connectivity index (χ2n) is 4.08. The molecule has 0 spiro atoms. The Labute approximate surface area is 116 Å². The van der Waals surface area contributed by atoms with Gasteiger partial charge in [0.05, 0.1) is 5.56 Å². The zero-order valence-corrected chi connectivity index (χ0v) is 11.6. The first-order chi connectivity index (χ1) is 9.43. The normalized spacial score (nSPS) is 11.3. The van der Waals surface area contributed by atoms with Gasteiger partial charge >= 0.3 is 12.0 Å². The molecule has 20 heavy (non-hydrogen) atoms. The van der Waals surface area contributed by atoms with Crippen LogP contribution in [-0.4, -0.2) is 35.5 Å². The Bertz CT molecular complexity index is 499. The van der Waals surface area contributed by atoms with Gasteiger partial charge in [-0.1, -0.05) is 0 Å². The highest BCUT2D eigenvalue weighted by molar-refractivity contribution is 5.98. The number of urea groups is 1. The van der Waals surface area contributed by atoms with Crippen LogP contribution in [0.15, 0.2) is 18.3 Å². The van der Waals surface area contributed by atoms with Crippen LogP contribution in [0.1, 0.15) is 29.9 Å². The van der Waals surface area contributed by atoms with Gasteiger partial charge in [-0.25, -0.2) is 9.59 Å². The van der Waals surface area contributed by atoms with Crippen LogP contribution in [0.3, 0.4) is 0 Å². The molecular formula is C13H17N3O4. The van der Waals surface area contributed by atoms with Crippen LogP contribution in [-0.2, 0) is 9.53 Å². The van der Waals surface area contributed by atoms with Crippen molar-refractivity contribution < 1.29 is 19.1 Å². The average molecular weight is 279 g/mol. The number of esters is 1. The topological polar surface area (TPSA) is 97.4 Å². The molecule has 3 amide bonds. The van der Waals surface area contributed by atoms with E-state index in [0.717, 1.165) is 5.69 Å². The van der Waals surface area contributed by atoms with Crippen LogP contribution in [0.2, 0.25) is 0 Å². The Morgan fingerprint density at radius 2 is 2.05 bits per heavy atom. The second kappa shape index (κ2) is 7.22. The molecule has 1 aromatic rings. The van der Waals surface area contributed by atoms with E-state index in [0.29, 0.717) is 6.54 Å². The van der Waals surface area contributed by atoms with E-state index in [4.69, 9.17) is 4.74 Å². The largest absolute Gasteiger partial charge is 0.449 e. The smallest absolute Gasteiger partial charge is 0.340 e. The summed E-state index contributed by atoms with van der Waals surface area (Å²) in [6.07, 6.45) is 0.290. The first kappa shape index (κ1) is 15.6. The summed E-state index contributed by atoms with van der Waals surface area (Å²) in [7, 11) is 0. The molecule has 0 fully saturated rings. The van der Waals surface area contributed by atoms with Gasteiger partial charge in [-0.2, -0.15) is 0 Å². The molecule has 0 saturated heterocycles. The molecule has 2 N–H and O–H groups in total. The van der Waals surface area contributed by atoms with E-state index in [-0.39, 0.29) is 5.56 Å². The van der Waals surface area contributed by atoms with Crippen LogP contribution in [0, 0.1) is 6.92 Å². The third-order valence-electron chi connectivity index (χ3n) is 2.37. The number of aromatic nitrogens is 1. The van der Waals surface area contributed by atoms with Gasteiger partial charge in [0.2, 0.25) is 0 Å². The van der Waals surface area contributed by atoms with Crippen molar-refractivity contribution in [3.8, 4) is 0 Å². The maximum Gasteiger partial charge on any atom is 0.340 e. The van der Waals surface area contributed by atoms with Crippen molar-refractivity contribution in [2.45, 2.75) is 26.9 Å². The summed E-state index contributed by atoms with van der Waals surface area (Å²) in [6.45, 7) is 5.28. The number of amides is 3. The molecule has 0 radical (unpaired) electrons. The van der Waals surface area contributed by atoms with Crippen LogP contribution >= 0.6 is 0 Å². The predicted octanol–water partition coefficient (Wildman–Crippen LogP) is 0.781. The minimum Gasteiger partial charge on any atom is -0.449 e. The van der Waals surface area contributed by atoms with Gasteiger partial charge in [0.15, 0.2) is 6.10 Å². The Hall–Kier alpha value is -2.44. The van der Waals surface area contributed by atoms with Crippen LogP contribution in [0.4, 0.5) is 4.79 Å². The quantitative estimate of drug-likeness (QED) is 0.794. The molecule has 1 unspecified atom stereocenters. The number of carbonyl (C=O) groups excluding carboxylic acids is 3. The number of carbonyl (C=O) groups is 3. The van der Waals surface area contributed by atoms with Crippen LogP contribution < -0.4 is 10.6 Å². The summed E-state index contributed by atoms with van der Waals surface area (Å²) in [6, 6.07) is 2.59. The molecule has 7 heteroatoms. The Kier molecular flexibility index (Phi) is 5.64. The lowest BCUT2D eigenvalue weighted by atomic mass is 10.2. The number of imide groups is 1. The van der Waals surface area contributed by atoms with Crippen molar-refractivity contribution in [3.63, 3.8) is 0 Å². The molecule has 1 aromatic heterocycles. The number of nitrogens with one attached hydrogen (secondary N) is 2. The minimum atomic E-state index is -1.08. The molecule has 1 heterocycles. The van der Waals surface area contributed by atoms with E-state index in [1.165, 1.54) is 13.1 Å². The molecule has 7 nitrogen and oxygen atoms in total. The molecule has 0 aromatic carbocycles. The number of rotatable bonds is 4. The van der Waals surface area contributed by atoms with Crippen molar-refractivity contribution in [3.05, 3.63) is 29.6 Å². The molecule has 0 aliphatic carbocycles. The van der Waals surface area contributed by atoms with Gasteiger partial charge in [-0.05, 0) is 32.9 Å². The van der Waals surface area contributed by atoms with E-state index in [9.17, 15) is 14.4 Å². The van der Waals surface area contributed by atoms with Crippen molar-refractivity contribution in [2.24, 2.45) is 0 Å². The fraction of sp³-hybridized carbons (Fsp3) is 0.385. The third-order valence-corrected chi connectivity index (χ3v) is 2.37. The predicted molar refractivity (Wildman–Crippen MR) is 71.1 cm³/mol. The fourth-order valence-electron chi connectivity index (χ4n) is 1.29. The van der Waals surface area contributed by atoms with Crippen molar-refractivity contribution >= 4 is 17.9 Å². The molecular weight excluding hydrogens is 262 g/mol. The van der Waals surface area contributed by atoms with Gasteiger partial charge in [0.25, 0.3) is 5.91 Å². The highest BCUT2D eigenvalue weighted by Crippen LogP contribution is 2.04. The molecule has 0 aliphatic heterocycles. The maximum absolute atomic E-state index is 11.7. The second-order valence-corrected chi connectivity index (χ2v) is 4.08. The highest BCUT2D eigenvalue weighted by atomic mass is 16.5. The van der Waals surface area contributed by atoms with E-state index in [2.05, 4.69) is 15.6 Å². The summed E-state index contributed by atoms with van der Waals surface area (Å²) in [5, 5.41) is 4.47. The average Bonchev–Trinajstić information content (AvgIpc) is 2.39. The standard InChI is InChI=1S/C13H17N3O4/c1-4-14-13(19)16-11(17)9(3)20-12(18)10-6-5-8(2)15-7-10/h5-7,9H,4H2,1-3H3,(H2,14,16,17,19). The third kappa shape index (κ3) is 4.68. The zero-order valence-electron chi connectivity index (χ0n) is 11.6. The van der Waals surface area contributed by atoms with Gasteiger partial charge < -0.3 is 10.1 Å². The van der Waals surface area contributed by atoms with E-state index < -0.39 is 24.0 Å². The Morgan fingerprint density at radius 1 is 1.35 bits per heavy atom. The number of hydrogen-bond donors (Lipinski definition) is 2. The molecule has 0 bridgehead atoms. The number of pyridine rings is 1. The van der Waals surface area contributed by atoms with E-state index >= 15 is 0 Å². The van der Waals surface area contributed by atoms with Crippen LogP contribution in [0.5, 0.6) is 0 Å². The van der Waals surface area contributed by atoms with Crippen molar-refractivity contribution in [1.82, 2.24) is 15.6 Å². The molecule has 108 valence electrons. The summed E-state index contributed by atoms with van der Waals surface area (Å²) in [5.74, 6) is -1.36. The zero-order chi connectivity index (χ0) is 15.1. The number of hydrogen-bond acceptors (Lipinski definition) is 5. The highest BCUT2D eigenvalue weighted by Gasteiger charge is 2.20. The first-order valence-corrected chi connectivity index (χ1v) is 6.16. The van der Waals surface area contributed by atoms with Gasteiger partial charge in [-0.15, -0.1) is 0 Å². The number of aryl methyl sites for hydroxylation is 1. The summed E-state index contributed by atoms with van der Waals surface area (Å²) in [5.41, 5.74) is 1.01. The lowest BCUT2D eigenvalue weighted by molar-refractivity contribution is -0.127. The summed E-state index contributed by atoms with van der Waals surface area (Å²) >= 11 is 0. The first-order valence-electron chi connectivity index (χ1n) is 6.16. The maximum atomic E-state index is 11.7. The Morgan fingerprint density at radius 3 is 2.60 bits per heavy atom. The summed E-state index contributed by atoms with van der Waals surface area (Å²) in [4.78, 5) is 38.4. The van der Waals surface area contributed by atoms with Gasteiger partial charge in [-0.3, -0.25) is 15.1 Å². The molecule has 0 aliphatic rings. The molecule has 0 saturated carbocycles. The minimum absolute atomic E-state index is 0.244. The summed E-state index contributed by atoms with van der Waals surface area (Å²) < 4.78 is 4.95. The van der Waals surface area contributed by atoms with Gasteiger partial charge in [0, 0.05) is 18.4 Å². The van der Waals surface area contributed by atoms with Gasteiger partial charge in [0.1, 0.15) is 0 Å². The van der Waals surface area contributed by atoms with E-state index in [1.807, 2.05) is 0 Å². The van der Waals surface area contributed by atoms with Crippen molar-refractivity contribution in [1.29, 1.82) is 0 Å². The molecule has 1 rings (SSSR count).